The van der Waals surface area contributed by atoms with Crippen molar-refractivity contribution in [2.24, 2.45) is 4.99 Å². The molecule has 7 heteroatoms. The first-order valence-corrected chi connectivity index (χ1v) is 12.3. The largest absolute Gasteiger partial charge is 0.478 e. The SMILES string of the molecule is CCc1cccc(C)c1-n1c(C)cc(/C=C2\SC(=Nc3ccc(C(=O)O)cc3C)N(C)C2=O)c1C. The molecule has 1 aliphatic heterocycles. The van der Waals surface area contributed by atoms with Crippen molar-refractivity contribution >= 4 is 40.6 Å². The Morgan fingerprint density at radius 2 is 1.83 bits per heavy atom. The van der Waals surface area contributed by atoms with Gasteiger partial charge in [-0.25, -0.2) is 9.79 Å². The Labute approximate surface area is 210 Å². The molecule has 1 aromatic heterocycles. The summed E-state index contributed by atoms with van der Waals surface area (Å²) in [6.45, 7) is 10.3. The molecule has 2 heterocycles. The molecule has 1 amide bonds. The van der Waals surface area contributed by atoms with Gasteiger partial charge in [-0.3, -0.25) is 9.69 Å². The minimum Gasteiger partial charge on any atom is -0.478 e. The monoisotopic (exact) mass is 487 g/mol. The van der Waals surface area contributed by atoms with Gasteiger partial charge in [-0.2, -0.15) is 0 Å². The molecular weight excluding hydrogens is 458 g/mol. The molecule has 0 atom stereocenters. The highest BCUT2D eigenvalue weighted by Crippen LogP contribution is 2.35. The van der Waals surface area contributed by atoms with E-state index in [4.69, 9.17) is 0 Å². The van der Waals surface area contributed by atoms with Gasteiger partial charge in [0.1, 0.15) is 0 Å². The van der Waals surface area contributed by atoms with Crippen LogP contribution < -0.4 is 0 Å². The van der Waals surface area contributed by atoms with E-state index in [0.29, 0.717) is 15.8 Å². The molecule has 3 aromatic rings. The number of carbonyl (C=O) groups is 2. The van der Waals surface area contributed by atoms with Crippen molar-refractivity contribution in [2.45, 2.75) is 41.0 Å². The summed E-state index contributed by atoms with van der Waals surface area (Å²) >= 11 is 1.33. The Morgan fingerprint density at radius 3 is 2.49 bits per heavy atom. The average Bonchev–Trinajstić information content (AvgIpc) is 3.24. The lowest BCUT2D eigenvalue weighted by Gasteiger charge is -2.17. The van der Waals surface area contributed by atoms with E-state index in [9.17, 15) is 14.7 Å². The molecule has 0 radical (unpaired) electrons. The number of aliphatic imine (C=N–C) groups is 1. The standard InChI is InChI=1S/C28H29N3O3S/c1-7-20-10-8-9-16(2)25(20)31-18(4)14-22(19(31)5)15-24-26(32)30(6)28(35-24)29-23-12-11-21(27(33)34)13-17(23)3/h8-15H,7H2,1-6H3,(H,33,34)/b24-15-,29-28?. The number of carboxylic acids is 1. The van der Waals surface area contributed by atoms with E-state index in [1.807, 2.05) is 13.0 Å². The van der Waals surface area contributed by atoms with Gasteiger partial charge in [0.05, 0.1) is 21.8 Å². The molecule has 0 saturated carbocycles. The number of thioether (sulfide) groups is 1. The maximum absolute atomic E-state index is 13.0. The quantitative estimate of drug-likeness (QED) is 0.435. The number of nitrogens with zero attached hydrogens (tertiary/aromatic N) is 3. The van der Waals surface area contributed by atoms with Gasteiger partial charge in [-0.05, 0) is 98.5 Å². The van der Waals surface area contributed by atoms with E-state index in [1.54, 1.807) is 19.2 Å². The normalized spacial score (nSPS) is 16.1. The van der Waals surface area contributed by atoms with Crippen LogP contribution in [0.3, 0.4) is 0 Å². The molecule has 4 rings (SSSR count). The van der Waals surface area contributed by atoms with Crippen LogP contribution in [0.1, 0.15) is 50.9 Å². The summed E-state index contributed by atoms with van der Waals surface area (Å²) in [5.41, 5.74) is 8.51. The number of hydrogen-bond donors (Lipinski definition) is 1. The van der Waals surface area contributed by atoms with E-state index in [2.05, 4.69) is 61.5 Å². The zero-order chi connectivity index (χ0) is 25.4. The Hall–Kier alpha value is -3.58. The third kappa shape index (κ3) is 4.56. The fraction of sp³-hybridized carbons (Fsp3) is 0.250. The van der Waals surface area contributed by atoms with E-state index in [1.165, 1.54) is 39.5 Å². The second-order valence-corrected chi connectivity index (χ2v) is 9.78. The third-order valence-electron chi connectivity index (χ3n) is 6.35. The summed E-state index contributed by atoms with van der Waals surface area (Å²) in [5, 5.41) is 9.76. The van der Waals surface area contributed by atoms with Crippen molar-refractivity contribution in [2.75, 3.05) is 7.05 Å². The second-order valence-electron chi connectivity index (χ2n) is 8.77. The molecular formula is C28H29N3O3S. The summed E-state index contributed by atoms with van der Waals surface area (Å²) in [6, 6.07) is 13.3. The number of aromatic carboxylic acids is 1. The van der Waals surface area contributed by atoms with Crippen LogP contribution in [0.4, 0.5) is 5.69 Å². The Kier molecular flexibility index (Phi) is 6.72. The van der Waals surface area contributed by atoms with Crippen molar-refractivity contribution < 1.29 is 14.7 Å². The van der Waals surface area contributed by atoms with E-state index in [-0.39, 0.29) is 11.5 Å². The van der Waals surface area contributed by atoms with Crippen molar-refractivity contribution in [3.05, 3.63) is 86.6 Å². The van der Waals surface area contributed by atoms with Gasteiger partial charge in [0.15, 0.2) is 5.17 Å². The van der Waals surface area contributed by atoms with Crippen LogP contribution in [0.2, 0.25) is 0 Å². The number of carboxylic acid groups (broad SMARTS) is 1. The maximum atomic E-state index is 13.0. The summed E-state index contributed by atoms with van der Waals surface area (Å²) in [7, 11) is 1.71. The zero-order valence-corrected chi connectivity index (χ0v) is 21.7. The van der Waals surface area contributed by atoms with Crippen LogP contribution in [0, 0.1) is 27.7 Å². The first-order chi connectivity index (χ1) is 16.6. The third-order valence-corrected chi connectivity index (χ3v) is 7.41. The Balaban J connectivity index is 1.71. The summed E-state index contributed by atoms with van der Waals surface area (Å²) < 4.78 is 2.27. The van der Waals surface area contributed by atoms with Gasteiger partial charge in [0, 0.05) is 18.4 Å². The molecule has 1 fully saturated rings. The van der Waals surface area contributed by atoms with Crippen molar-refractivity contribution in [1.29, 1.82) is 0 Å². The Morgan fingerprint density at radius 1 is 1.09 bits per heavy atom. The molecule has 0 aliphatic carbocycles. The van der Waals surface area contributed by atoms with E-state index < -0.39 is 5.97 Å². The zero-order valence-electron chi connectivity index (χ0n) is 20.8. The predicted octanol–water partition coefficient (Wildman–Crippen LogP) is 6.21. The van der Waals surface area contributed by atoms with Crippen LogP contribution in [0.15, 0.2) is 52.4 Å². The number of amides is 1. The second kappa shape index (κ2) is 9.58. The molecule has 35 heavy (non-hydrogen) atoms. The number of benzene rings is 2. The molecule has 6 nitrogen and oxygen atoms in total. The first-order valence-electron chi connectivity index (χ1n) is 11.5. The molecule has 1 aliphatic rings. The highest BCUT2D eigenvalue weighted by molar-refractivity contribution is 8.18. The van der Waals surface area contributed by atoms with Gasteiger partial charge in [0.2, 0.25) is 0 Å². The van der Waals surface area contributed by atoms with Crippen LogP contribution in [-0.4, -0.2) is 38.7 Å². The fourth-order valence-corrected chi connectivity index (χ4v) is 5.38. The topological polar surface area (TPSA) is 74.9 Å². The number of para-hydroxylation sites is 1. The minimum atomic E-state index is -0.977. The molecule has 1 N–H and O–H groups in total. The number of rotatable bonds is 5. The number of likely N-dealkylation sites (N-methyl/N-ethyl adjacent to an activating group) is 1. The lowest BCUT2D eigenvalue weighted by atomic mass is 10.1. The maximum Gasteiger partial charge on any atom is 0.335 e. The van der Waals surface area contributed by atoms with Crippen LogP contribution in [0.5, 0.6) is 0 Å². The number of aryl methyl sites for hydroxylation is 4. The van der Waals surface area contributed by atoms with Gasteiger partial charge in [-0.1, -0.05) is 25.1 Å². The molecule has 0 unspecified atom stereocenters. The molecule has 0 spiro atoms. The summed E-state index contributed by atoms with van der Waals surface area (Å²) in [6.07, 6.45) is 2.88. The van der Waals surface area contributed by atoms with Crippen molar-refractivity contribution in [3.8, 4) is 5.69 Å². The Bertz CT molecular complexity index is 1420. The summed E-state index contributed by atoms with van der Waals surface area (Å²) in [4.78, 5) is 31.1. The van der Waals surface area contributed by atoms with Gasteiger partial charge in [0.25, 0.3) is 5.91 Å². The van der Waals surface area contributed by atoms with Crippen molar-refractivity contribution in [3.63, 3.8) is 0 Å². The molecule has 180 valence electrons. The van der Waals surface area contributed by atoms with Gasteiger partial charge >= 0.3 is 5.97 Å². The number of hydrogen-bond acceptors (Lipinski definition) is 4. The van der Waals surface area contributed by atoms with E-state index in [0.717, 1.165) is 28.9 Å². The smallest absolute Gasteiger partial charge is 0.335 e. The average molecular weight is 488 g/mol. The van der Waals surface area contributed by atoms with Crippen molar-refractivity contribution in [1.82, 2.24) is 9.47 Å². The lowest BCUT2D eigenvalue weighted by Crippen LogP contribution is -2.23. The van der Waals surface area contributed by atoms with E-state index >= 15 is 0 Å². The summed E-state index contributed by atoms with van der Waals surface area (Å²) in [5.74, 6) is -1.09. The molecule has 1 saturated heterocycles. The highest BCUT2D eigenvalue weighted by atomic mass is 32.2. The number of carbonyl (C=O) groups excluding carboxylic acids is 1. The molecule has 2 aromatic carbocycles. The van der Waals surface area contributed by atoms with Crippen LogP contribution in [-0.2, 0) is 11.2 Å². The lowest BCUT2D eigenvalue weighted by molar-refractivity contribution is -0.121. The highest BCUT2D eigenvalue weighted by Gasteiger charge is 2.31. The number of amidine groups is 1. The molecule has 0 bridgehead atoms. The van der Waals surface area contributed by atoms with Crippen LogP contribution >= 0.6 is 11.8 Å². The number of aromatic nitrogens is 1. The minimum absolute atomic E-state index is 0.108. The van der Waals surface area contributed by atoms with Crippen LogP contribution in [0.25, 0.3) is 11.8 Å². The van der Waals surface area contributed by atoms with Gasteiger partial charge < -0.3 is 9.67 Å². The first kappa shape index (κ1) is 24.5. The van der Waals surface area contributed by atoms with Gasteiger partial charge in [-0.15, -0.1) is 0 Å². The fourth-order valence-electron chi connectivity index (χ4n) is 4.41. The predicted molar refractivity (Wildman–Crippen MR) is 143 cm³/mol.